The molecule has 0 spiro atoms. The van der Waals surface area contributed by atoms with Crippen molar-refractivity contribution in [2.24, 2.45) is 0 Å². The van der Waals surface area contributed by atoms with Gasteiger partial charge < -0.3 is 5.73 Å². The SMILES string of the molecule is Nc1cc(Cl)c(Cc2ccccc2)c(Cl)c1. The molecule has 0 radical (unpaired) electrons. The normalized spacial score (nSPS) is 10.4. The first-order valence-corrected chi connectivity index (χ1v) is 5.70. The fraction of sp³-hybridized carbons (Fsp3) is 0.0769. The smallest absolute Gasteiger partial charge is 0.0476 e. The van der Waals surface area contributed by atoms with Gasteiger partial charge in [0.1, 0.15) is 0 Å². The van der Waals surface area contributed by atoms with Crippen LogP contribution in [0.3, 0.4) is 0 Å². The molecule has 2 aromatic carbocycles. The van der Waals surface area contributed by atoms with Crippen molar-refractivity contribution in [3.05, 3.63) is 63.6 Å². The van der Waals surface area contributed by atoms with Gasteiger partial charge in [-0.3, -0.25) is 0 Å². The molecule has 82 valence electrons. The average Bonchev–Trinajstić information content (AvgIpc) is 2.25. The van der Waals surface area contributed by atoms with E-state index in [0.717, 1.165) is 12.0 Å². The summed E-state index contributed by atoms with van der Waals surface area (Å²) in [6.45, 7) is 0. The maximum absolute atomic E-state index is 6.12. The Morgan fingerprint density at radius 1 is 0.938 bits per heavy atom. The van der Waals surface area contributed by atoms with Gasteiger partial charge in [-0.2, -0.15) is 0 Å². The third kappa shape index (κ3) is 2.49. The van der Waals surface area contributed by atoms with Gasteiger partial charge in [0.15, 0.2) is 0 Å². The fourth-order valence-electron chi connectivity index (χ4n) is 1.59. The summed E-state index contributed by atoms with van der Waals surface area (Å²) >= 11 is 12.2. The largest absolute Gasteiger partial charge is 0.399 e. The molecule has 0 saturated heterocycles. The number of benzene rings is 2. The lowest BCUT2D eigenvalue weighted by atomic mass is 10.0. The highest BCUT2D eigenvalue weighted by Crippen LogP contribution is 2.29. The van der Waals surface area contributed by atoms with E-state index < -0.39 is 0 Å². The zero-order chi connectivity index (χ0) is 11.5. The number of hydrogen-bond acceptors (Lipinski definition) is 1. The zero-order valence-corrected chi connectivity index (χ0v) is 10.1. The molecule has 2 aromatic rings. The maximum Gasteiger partial charge on any atom is 0.0476 e. The van der Waals surface area contributed by atoms with Crippen LogP contribution in [0.15, 0.2) is 42.5 Å². The Morgan fingerprint density at radius 3 is 2.06 bits per heavy atom. The molecule has 0 aliphatic carbocycles. The highest BCUT2D eigenvalue weighted by atomic mass is 35.5. The predicted octanol–water partition coefficient (Wildman–Crippen LogP) is 4.17. The third-order valence-corrected chi connectivity index (χ3v) is 3.06. The van der Waals surface area contributed by atoms with Gasteiger partial charge in [-0.25, -0.2) is 0 Å². The number of anilines is 1. The van der Waals surface area contributed by atoms with Gasteiger partial charge in [-0.15, -0.1) is 0 Å². The van der Waals surface area contributed by atoms with Crippen LogP contribution in [0.4, 0.5) is 5.69 Å². The quantitative estimate of drug-likeness (QED) is 0.797. The zero-order valence-electron chi connectivity index (χ0n) is 8.58. The van der Waals surface area contributed by atoms with Gasteiger partial charge in [-0.1, -0.05) is 53.5 Å². The van der Waals surface area contributed by atoms with Gasteiger partial charge >= 0.3 is 0 Å². The first kappa shape index (κ1) is 11.3. The lowest BCUT2D eigenvalue weighted by Gasteiger charge is -2.08. The standard InChI is InChI=1S/C13H11Cl2N/c14-12-7-10(16)8-13(15)11(12)6-9-4-2-1-3-5-9/h1-5,7-8H,6,16H2. The molecule has 2 rings (SSSR count). The van der Waals surface area contributed by atoms with Crippen LogP contribution < -0.4 is 5.73 Å². The molecule has 0 heterocycles. The summed E-state index contributed by atoms with van der Waals surface area (Å²) < 4.78 is 0. The van der Waals surface area contributed by atoms with E-state index in [4.69, 9.17) is 28.9 Å². The lowest BCUT2D eigenvalue weighted by molar-refractivity contribution is 1.19. The Bertz CT molecular complexity index is 472. The molecule has 0 bridgehead atoms. The first-order chi connectivity index (χ1) is 7.66. The molecule has 16 heavy (non-hydrogen) atoms. The second-order valence-electron chi connectivity index (χ2n) is 3.63. The summed E-state index contributed by atoms with van der Waals surface area (Å²) in [6, 6.07) is 13.5. The Morgan fingerprint density at radius 2 is 1.50 bits per heavy atom. The molecule has 0 amide bonds. The van der Waals surface area contributed by atoms with Crippen molar-refractivity contribution in [2.45, 2.75) is 6.42 Å². The highest BCUT2D eigenvalue weighted by Gasteiger charge is 2.07. The number of nitrogen functional groups attached to an aromatic ring is 1. The minimum atomic E-state index is 0.590. The first-order valence-electron chi connectivity index (χ1n) is 4.94. The summed E-state index contributed by atoms with van der Waals surface area (Å²) in [6.07, 6.45) is 0.721. The van der Waals surface area contributed by atoms with Crippen LogP contribution in [-0.2, 0) is 6.42 Å². The van der Waals surface area contributed by atoms with Gasteiger partial charge in [0.2, 0.25) is 0 Å². The van der Waals surface area contributed by atoms with E-state index >= 15 is 0 Å². The number of rotatable bonds is 2. The van der Waals surface area contributed by atoms with Gasteiger partial charge in [-0.05, 0) is 23.3 Å². The maximum atomic E-state index is 6.12. The number of nitrogens with two attached hydrogens (primary N) is 1. The molecule has 0 atom stereocenters. The molecule has 0 fully saturated rings. The van der Waals surface area contributed by atoms with Gasteiger partial charge in [0.25, 0.3) is 0 Å². The van der Waals surface area contributed by atoms with Crippen LogP contribution in [0.2, 0.25) is 10.0 Å². The van der Waals surface area contributed by atoms with Gasteiger partial charge in [0, 0.05) is 22.2 Å². The van der Waals surface area contributed by atoms with Crippen molar-refractivity contribution in [1.29, 1.82) is 0 Å². The summed E-state index contributed by atoms with van der Waals surface area (Å²) in [5, 5.41) is 1.24. The molecular formula is C13H11Cl2N. The van der Waals surface area contributed by atoms with Crippen molar-refractivity contribution < 1.29 is 0 Å². The Balaban J connectivity index is 2.35. The molecule has 1 nitrogen and oxygen atoms in total. The predicted molar refractivity (Wildman–Crippen MR) is 70.1 cm³/mol. The third-order valence-electron chi connectivity index (χ3n) is 2.39. The van der Waals surface area contributed by atoms with E-state index in [1.165, 1.54) is 5.56 Å². The molecule has 0 aliphatic rings. The number of halogens is 2. The minimum Gasteiger partial charge on any atom is -0.399 e. The van der Waals surface area contributed by atoms with Crippen molar-refractivity contribution in [3.63, 3.8) is 0 Å². The monoisotopic (exact) mass is 251 g/mol. The molecular weight excluding hydrogens is 241 g/mol. The van der Waals surface area contributed by atoms with E-state index in [2.05, 4.69) is 0 Å². The molecule has 3 heteroatoms. The van der Waals surface area contributed by atoms with Crippen molar-refractivity contribution in [2.75, 3.05) is 5.73 Å². The lowest BCUT2D eigenvalue weighted by Crippen LogP contribution is -1.93. The van der Waals surface area contributed by atoms with E-state index in [9.17, 15) is 0 Å². The topological polar surface area (TPSA) is 26.0 Å². The molecule has 0 unspecified atom stereocenters. The Kier molecular flexibility index (Phi) is 3.37. The van der Waals surface area contributed by atoms with Crippen LogP contribution in [0.5, 0.6) is 0 Å². The molecule has 0 aromatic heterocycles. The van der Waals surface area contributed by atoms with Gasteiger partial charge in [0.05, 0.1) is 0 Å². The van der Waals surface area contributed by atoms with E-state index in [-0.39, 0.29) is 0 Å². The summed E-state index contributed by atoms with van der Waals surface area (Å²) in [4.78, 5) is 0. The molecule has 0 aliphatic heterocycles. The Labute approximate surface area is 105 Å². The van der Waals surface area contributed by atoms with Crippen LogP contribution in [-0.4, -0.2) is 0 Å². The minimum absolute atomic E-state index is 0.590. The van der Waals surface area contributed by atoms with E-state index in [1.807, 2.05) is 30.3 Å². The van der Waals surface area contributed by atoms with Crippen LogP contribution in [0.1, 0.15) is 11.1 Å². The van der Waals surface area contributed by atoms with Crippen molar-refractivity contribution in [1.82, 2.24) is 0 Å². The molecule has 0 saturated carbocycles. The summed E-state index contributed by atoms with van der Waals surface area (Å²) in [5.74, 6) is 0. The van der Waals surface area contributed by atoms with Crippen molar-refractivity contribution >= 4 is 28.9 Å². The average molecular weight is 252 g/mol. The summed E-state index contributed by atoms with van der Waals surface area (Å²) in [5.41, 5.74) is 8.34. The highest BCUT2D eigenvalue weighted by molar-refractivity contribution is 6.36. The fourth-order valence-corrected chi connectivity index (χ4v) is 2.23. The molecule has 2 N–H and O–H groups in total. The van der Waals surface area contributed by atoms with Crippen LogP contribution >= 0.6 is 23.2 Å². The second-order valence-corrected chi connectivity index (χ2v) is 4.44. The van der Waals surface area contributed by atoms with Crippen molar-refractivity contribution in [3.8, 4) is 0 Å². The summed E-state index contributed by atoms with van der Waals surface area (Å²) in [7, 11) is 0. The Hall–Kier alpha value is -1.18. The van der Waals surface area contributed by atoms with Crippen LogP contribution in [0, 0.1) is 0 Å². The number of hydrogen-bond donors (Lipinski definition) is 1. The van der Waals surface area contributed by atoms with E-state index in [0.29, 0.717) is 15.7 Å². The van der Waals surface area contributed by atoms with Crippen LogP contribution in [0.25, 0.3) is 0 Å². The second kappa shape index (κ2) is 4.77. The van der Waals surface area contributed by atoms with E-state index in [1.54, 1.807) is 12.1 Å².